The van der Waals surface area contributed by atoms with Crippen LogP contribution in [0.15, 0.2) is 140 Å². The first-order chi connectivity index (χ1) is 26.3. The molecule has 0 amide bonds. The van der Waals surface area contributed by atoms with Crippen LogP contribution >= 0.6 is 0 Å². The number of rotatable bonds is 4. The summed E-state index contributed by atoms with van der Waals surface area (Å²) in [6.07, 6.45) is 3.11. The molecule has 0 radical (unpaired) electrons. The molecular weight excluding hydrogens is 639 g/mol. The molecule has 0 heterocycles. The molecule has 2 N–H and O–H groups in total. The summed E-state index contributed by atoms with van der Waals surface area (Å²) in [5.41, 5.74) is 7.51. The highest BCUT2D eigenvalue weighted by Gasteiger charge is 2.30. The summed E-state index contributed by atoms with van der Waals surface area (Å²) >= 11 is 0. The average molecular weight is 672 g/mol. The molecule has 0 unspecified atom stereocenters. The molecule has 0 saturated heterocycles. The van der Waals surface area contributed by atoms with Gasteiger partial charge in [0.05, 0.1) is 0 Å². The van der Waals surface area contributed by atoms with Gasteiger partial charge in [-0.3, -0.25) is 0 Å². The number of benzene rings is 13. The van der Waals surface area contributed by atoms with Crippen molar-refractivity contribution in [3.63, 3.8) is 0 Å². The second-order valence-electron chi connectivity index (χ2n) is 15.3. The summed E-state index contributed by atoms with van der Waals surface area (Å²) in [5.74, 6) is 0. The number of hydrogen-bond donors (Lipinski definition) is 1. The molecule has 13 aromatic rings. The third kappa shape index (κ3) is 3.26. The van der Waals surface area contributed by atoms with Crippen LogP contribution in [0.2, 0.25) is 0 Å². The van der Waals surface area contributed by atoms with E-state index in [4.69, 9.17) is 5.73 Å². The van der Waals surface area contributed by atoms with Crippen molar-refractivity contribution in [1.29, 1.82) is 0 Å². The first kappa shape index (κ1) is 28.3. The highest BCUT2D eigenvalue weighted by molar-refractivity contribution is 6.60. The Bertz CT molecular complexity index is 3570. The van der Waals surface area contributed by atoms with Gasteiger partial charge in [-0.15, -0.1) is 0 Å². The van der Waals surface area contributed by atoms with Crippen molar-refractivity contribution in [2.75, 3.05) is 6.54 Å². The van der Waals surface area contributed by atoms with Gasteiger partial charge >= 0.3 is 0 Å². The highest BCUT2D eigenvalue weighted by Crippen LogP contribution is 2.59. The van der Waals surface area contributed by atoms with E-state index < -0.39 is 0 Å². The van der Waals surface area contributed by atoms with Crippen molar-refractivity contribution >= 4 is 129 Å². The predicted octanol–water partition coefficient (Wildman–Crippen LogP) is 14.1. The number of unbranched alkanes of at least 4 members (excludes halogenated alkanes) is 1. The Morgan fingerprint density at radius 3 is 0.868 bits per heavy atom. The van der Waals surface area contributed by atoms with Crippen LogP contribution < -0.4 is 5.73 Å². The quantitative estimate of drug-likeness (QED) is 0.112. The lowest BCUT2D eigenvalue weighted by atomic mass is 9.74. The molecule has 13 rings (SSSR count). The first-order valence-electron chi connectivity index (χ1n) is 19.1. The molecule has 0 saturated carbocycles. The molecule has 1 nitrogen and oxygen atoms in total. The third-order valence-electron chi connectivity index (χ3n) is 12.9. The fourth-order valence-electron chi connectivity index (χ4n) is 11.1. The lowest BCUT2D eigenvalue weighted by molar-refractivity contribution is 0.747. The summed E-state index contributed by atoms with van der Waals surface area (Å²) in [6, 6.07) is 53.3. The molecule has 0 aliphatic carbocycles. The lowest BCUT2D eigenvalue weighted by Crippen LogP contribution is -2.01. The van der Waals surface area contributed by atoms with E-state index in [9.17, 15) is 0 Å². The fourth-order valence-corrected chi connectivity index (χ4v) is 11.1. The molecule has 13 aromatic carbocycles. The zero-order valence-electron chi connectivity index (χ0n) is 29.2. The van der Waals surface area contributed by atoms with E-state index in [0.29, 0.717) is 0 Å². The molecule has 0 aromatic heterocycles. The van der Waals surface area contributed by atoms with Gasteiger partial charge in [0.15, 0.2) is 0 Å². The van der Waals surface area contributed by atoms with Crippen LogP contribution in [0, 0.1) is 0 Å². The van der Waals surface area contributed by atoms with Crippen molar-refractivity contribution in [3.8, 4) is 0 Å². The van der Waals surface area contributed by atoms with Crippen LogP contribution in [0.5, 0.6) is 0 Å². The van der Waals surface area contributed by atoms with Gasteiger partial charge in [-0.05, 0) is 161 Å². The Labute approximate surface area is 304 Å². The Morgan fingerprint density at radius 2 is 0.528 bits per heavy atom. The molecule has 0 aliphatic heterocycles. The number of hydrogen-bond acceptors (Lipinski definition) is 1. The Hall–Kier alpha value is -6.28. The van der Waals surface area contributed by atoms with Crippen LogP contribution in [0.4, 0.5) is 0 Å². The number of nitrogens with two attached hydrogens (primary N) is 1. The Morgan fingerprint density at radius 1 is 0.245 bits per heavy atom. The largest absolute Gasteiger partial charge is 0.330 e. The number of fused-ring (bicyclic) bond motifs is 18. The molecule has 0 atom stereocenters. The second-order valence-corrected chi connectivity index (χ2v) is 15.3. The minimum atomic E-state index is 0.721. The van der Waals surface area contributed by atoms with Gasteiger partial charge in [-0.1, -0.05) is 140 Å². The summed E-state index contributed by atoms with van der Waals surface area (Å²) in [4.78, 5) is 0. The maximum absolute atomic E-state index is 6.08. The van der Waals surface area contributed by atoms with Crippen LogP contribution in [0.1, 0.15) is 18.4 Å². The maximum atomic E-state index is 6.08. The molecule has 0 bridgehead atoms. The minimum absolute atomic E-state index is 0.721. The predicted molar refractivity (Wildman–Crippen MR) is 232 cm³/mol. The fraction of sp³-hybridized carbons (Fsp3) is 0.0769. The molecule has 53 heavy (non-hydrogen) atoms. The highest BCUT2D eigenvalue weighted by atomic mass is 14.5. The van der Waals surface area contributed by atoms with E-state index >= 15 is 0 Å². The Balaban J connectivity index is 1.53. The van der Waals surface area contributed by atoms with E-state index in [-0.39, 0.29) is 0 Å². The average Bonchev–Trinajstić information content (AvgIpc) is 3.22. The van der Waals surface area contributed by atoms with E-state index in [2.05, 4.69) is 140 Å². The van der Waals surface area contributed by atoms with Crippen molar-refractivity contribution in [2.24, 2.45) is 5.73 Å². The van der Waals surface area contributed by atoms with Crippen LogP contribution in [-0.4, -0.2) is 6.54 Å². The Kier molecular flexibility index (Phi) is 5.33. The smallest absolute Gasteiger partial charge is 0.0000374 e. The first-order valence-corrected chi connectivity index (χ1v) is 19.1. The van der Waals surface area contributed by atoms with Crippen molar-refractivity contribution < 1.29 is 0 Å². The summed E-state index contributed by atoms with van der Waals surface area (Å²) < 4.78 is 0. The standard InChI is InChI=1S/C52H33N/c53-27-12-11-14-28-15-13-26-39-40(28)46-38-25-10-9-24-37(38)44-34-21-6-5-20-33(34)42-31-18-3-1-16-29(31)41-30-17-2-4-19-32(30)43-35-22-7-8-23-36(35)45(39)51-49(43)47(41)48(42)50(44)52(46)51/h1-10,13,15-26H,11-12,14,27,53H2. The van der Waals surface area contributed by atoms with E-state index in [1.54, 1.807) is 0 Å². The van der Waals surface area contributed by atoms with Gasteiger partial charge in [0.25, 0.3) is 0 Å². The topological polar surface area (TPSA) is 26.0 Å². The summed E-state index contributed by atoms with van der Waals surface area (Å²) in [5, 5.41) is 33.0. The maximum Gasteiger partial charge on any atom is -0.0000374 e. The summed E-state index contributed by atoms with van der Waals surface area (Å²) in [7, 11) is 0. The zero-order chi connectivity index (χ0) is 34.5. The van der Waals surface area contributed by atoms with Gasteiger partial charge in [0, 0.05) is 0 Å². The summed E-state index contributed by atoms with van der Waals surface area (Å²) in [6.45, 7) is 0.721. The van der Waals surface area contributed by atoms with E-state index in [1.807, 2.05) is 0 Å². The molecule has 0 spiro atoms. The van der Waals surface area contributed by atoms with Gasteiger partial charge in [-0.2, -0.15) is 0 Å². The lowest BCUT2D eigenvalue weighted by Gasteiger charge is -2.28. The SMILES string of the molecule is NCCCCc1cccc2c1c1c3ccccc3c3c4ccccc4c4c5ccccc5c5c6ccccc6c6c7ccccc7c2c2c6c5c4c3c12. The van der Waals surface area contributed by atoms with Crippen LogP contribution in [0.25, 0.3) is 129 Å². The van der Waals surface area contributed by atoms with Crippen molar-refractivity contribution in [2.45, 2.75) is 19.3 Å². The van der Waals surface area contributed by atoms with E-state index in [1.165, 1.54) is 135 Å². The van der Waals surface area contributed by atoms with Gasteiger partial charge < -0.3 is 5.73 Å². The normalized spacial score (nSPS) is 12.9. The molecule has 246 valence electrons. The molecular formula is C52H33N. The zero-order valence-corrected chi connectivity index (χ0v) is 29.2. The van der Waals surface area contributed by atoms with Gasteiger partial charge in [-0.25, -0.2) is 0 Å². The van der Waals surface area contributed by atoms with Crippen molar-refractivity contribution in [1.82, 2.24) is 0 Å². The number of aryl methyl sites for hydroxylation is 1. The molecule has 1 heteroatoms. The van der Waals surface area contributed by atoms with E-state index in [0.717, 1.165) is 25.8 Å². The van der Waals surface area contributed by atoms with Crippen molar-refractivity contribution in [3.05, 3.63) is 145 Å². The van der Waals surface area contributed by atoms with Crippen LogP contribution in [-0.2, 0) is 6.42 Å². The third-order valence-corrected chi connectivity index (χ3v) is 12.9. The molecule has 0 fully saturated rings. The van der Waals surface area contributed by atoms with Gasteiger partial charge in [0.2, 0.25) is 0 Å². The second kappa shape index (κ2) is 9.98. The molecule has 0 aliphatic rings. The monoisotopic (exact) mass is 671 g/mol. The van der Waals surface area contributed by atoms with Crippen LogP contribution in [0.3, 0.4) is 0 Å². The minimum Gasteiger partial charge on any atom is -0.330 e. The van der Waals surface area contributed by atoms with Gasteiger partial charge in [0.1, 0.15) is 0 Å².